The lowest BCUT2D eigenvalue weighted by Crippen LogP contribution is -2.46. The number of pyridine rings is 1. The van der Waals surface area contributed by atoms with Gasteiger partial charge in [0, 0.05) is 37.9 Å². The summed E-state index contributed by atoms with van der Waals surface area (Å²) in [6.07, 6.45) is 1.85. The van der Waals surface area contributed by atoms with Gasteiger partial charge in [0.05, 0.1) is 31.3 Å². The SMILES string of the molecule is COc1ccc(S(=O)(=O)c2ncccc2CNC(CCN2CCOCC2)C(=O)NO)cc1. The molecule has 1 atom stereocenters. The third-order valence-electron chi connectivity index (χ3n) is 5.28. The molecule has 2 heterocycles. The fourth-order valence-electron chi connectivity index (χ4n) is 3.44. The molecule has 1 saturated heterocycles. The molecule has 3 N–H and O–H groups in total. The predicted octanol–water partition coefficient (Wildman–Crippen LogP) is 0.609. The van der Waals surface area contributed by atoms with Crippen LogP contribution in [0.4, 0.5) is 0 Å². The van der Waals surface area contributed by atoms with Gasteiger partial charge in [-0.15, -0.1) is 0 Å². The van der Waals surface area contributed by atoms with E-state index in [0.717, 1.165) is 13.1 Å². The van der Waals surface area contributed by atoms with E-state index in [-0.39, 0.29) is 16.5 Å². The summed E-state index contributed by atoms with van der Waals surface area (Å²) in [4.78, 5) is 18.5. The topological polar surface area (TPSA) is 130 Å². The number of carbonyl (C=O) groups excluding carboxylic acids is 1. The maximum absolute atomic E-state index is 13.2. The molecule has 1 aromatic heterocycles. The Morgan fingerprint density at radius 2 is 1.97 bits per heavy atom. The average molecular weight is 465 g/mol. The van der Waals surface area contributed by atoms with Gasteiger partial charge in [-0.1, -0.05) is 6.07 Å². The summed E-state index contributed by atoms with van der Waals surface area (Å²) < 4.78 is 36.7. The van der Waals surface area contributed by atoms with Gasteiger partial charge in [-0.05, 0) is 36.8 Å². The van der Waals surface area contributed by atoms with Crippen molar-refractivity contribution in [1.82, 2.24) is 20.7 Å². The molecule has 0 aliphatic carbocycles. The van der Waals surface area contributed by atoms with Crippen molar-refractivity contribution in [1.29, 1.82) is 0 Å². The van der Waals surface area contributed by atoms with E-state index in [1.54, 1.807) is 29.7 Å². The molecule has 0 bridgehead atoms. The molecule has 1 fully saturated rings. The van der Waals surface area contributed by atoms with Crippen LogP contribution in [0.15, 0.2) is 52.5 Å². The lowest BCUT2D eigenvalue weighted by molar-refractivity contribution is -0.131. The van der Waals surface area contributed by atoms with Gasteiger partial charge in [-0.2, -0.15) is 0 Å². The molecular weight excluding hydrogens is 436 g/mol. The number of sulfone groups is 1. The summed E-state index contributed by atoms with van der Waals surface area (Å²) in [5.41, 5.74) is 2.10. The van der Waals surface area contributed by atoms with E-state index in [9.17, 15) is 13.2 Å². The van der Waals surface area contributed by atoms with Crippen LogP contribution in [-0.2, 0) is 25.9 Å². The minimum Gasteiger partial charge on any atom is -0.497 e. The van der Waals surface area contributed by atoms with Crippen LogP contribution in [0.25, 0.3) is 0 Å². The largest absolute Gasteiger partial charge is 0.497 e. The standard InChI is InChI=1S/C21H28N4O6S/c1-30-17-4-6-18(7-5-17)32(28,29)21-16(3-2-9-22-21)15-23-19(20(26)24-27)8-10-25-11-13-31-14-12-25/h2-7,9,19,23,27H,8,10-15H2,1H3,(H,24,26). The van der Waals surface area contributed by atoms with Gasteiger partial charge in [0.15, 0.2) is 5.03 Å². The van der Waals surface area contributed by atoms with Gasteiger partial charge in [-0.3, -0.25) is 14.9 Å². The first-order chi connectivity index (χ1) is 15.5. The molecule has 0 radical (unpaired) electrons. The first kappa shape index (κ1) is 24.1. The van der Waals surface area contributed by atoms with Crippen LogP contribution < -0.4 is 15.5 Å². The molecule has 2 aromatic rings. The van der Waals surface area contributed by atoms with Crippen molar-refractivity contribution in [2.75, 3.05) is 40.0 Å². The van der Waals surface area contributed by atoms with Crippen molar-refractivity contribution in [2.24, 2.45) is 0 Å². The van der Waals surface area contributed by atoms with Crippen LogP contribution in [0.5, 0.6) is 5.75 Å². The van der Waals surface area contributed by atoms with Crippen LogP contribution in [0.3, 0.4) is 0 Å². The second-order valence-electron chi connectivity index (χ2n) is 7.30. The van der Waals surface area contributed by atoms with Crippen molar-refractivity contribution in [3.05, 3.63) is 48.2 Å². The van der Waals surface area contributed by atoms with E-state index in [2.05, 4.69) is 15.2 Å². The number of benzene rings is 1. The number of morpholine rings is 1. The predicted molar refractivity (Wildman–Crippen MR) is 115 cm³/mol. The first-order valence-electron chi connectivity index (χ1n) is 10.3. The number of methoxy groups -OCH3 is 1. The first-order valence-corrected chi connectivity index (χ1v) is 11.7. The molecule has 0 saturated carbocycles. The Bertz CT molecular complexity index is 994. The monoisotopic (exact) mass is 464 g/mol. The van der Waals surface area contributed by atoms with Gasteiger partial charge in [0.25, 0.3) is 5.91 Å². The van der Waals surface area contributed by atoms with E-state index < -0.39 is 21.8 Å². The minimum absolute atomic E-state index is 0.0831. The van der Waals surface area contributed by atoms with Crippen LogP contribution in [0.2, 0.25) is 0 Å². The zero-order chi connectivity index (χ0) is 23.0. The maximum Gasteiger partial charge on any atom is 0.260 e. The number of aromatic nitrogens is 1. The molecule has 3 rings (SSSR count). The summed E-state index contributed by atoms with van der Waals surface area (Å²) in [5.74, 6) is -0.0355. The van der Waals surface area contributed by atoms with Gasteiger partial charge in [0.2, 0.25) is 9.84 Å². The average Bonchev–Trinajstić information content (AvgIpc) is 2.84. The Balaban J connectivity index is 1.73. The Kier molecular flexibility index (Phi) is 8.53. The van der Waals surface area contributed by atoms with Crippen LogP contribution >= 0.6 is 0 Å². The van der Waals surface area contributed by atoms with Crippen LogP contribution in [-0.4, -0.2) is 75.4 Å². The number of hydroxylamine groups is 1. The van der Waals surface area contributed by atoms with Gasteiger partial charge in [0.1, 0.15) is 5.75 Å². The molecular formula is C21H28N4O6S. The molecule has 11 heteroatoms. The number of hydrogen-bond donors (Lipinski definition) is 3. The normalized spacial score (nSPS) is 15.8. The number of ether oxygens (including phenoxy) is 2. The number of amides is 1. The minimum atomic E-state index is -3.88. The number of nitrogens with zero attached hydrogens (tertiary/aromatic N) is 2. The molecule has 1 aromatic carbocycles. The van der Waals surface area contributed by atoms with Gasteiger partial charge >= 0.3 is 0 Å². The Hall–Kier alpha value is -2.57. The van der Waals surface area contributed by atoms with Crippen molar-refractivity contribution >= 4 is 15.7 Å². The molecule has 1 amide bonds. The van der Waals surface area contributed by atoms with Crippen LogP contribution in [0, 0.1) is 0 Å². The number of nitrogens with one attached hydrogen (secondary N) is 2. The summed E-state index contributed by atoms with van der Waals surface area (Å²) in [7, 11) is -2.37. The molecule has 1 aliphatic heterocycles. The Morgan fingerprint density at radius 1 is 1.25 bits per heavy atom. The highest BCUT2D eigenvalue weighted by molar-refractivity contribution is 7.91. The summed E-state index contributed by atoms with van der Waals surface area (Å²) in [6.45, 7) is 3.57. The van der Waals surface area contributed by atoms with Crippen molar-refractivity contribution in [2.45, 2.75) is 28.9 Å². The van der Waals surface area contributed by atoms with Crippen molar-refractivity contribution in [3.8, 4) is 5.75 Å². The van der Waals surface area contributed by atoms with E-state index >= 15 is 0 Å². The summed E-state index contributed by atoms with van der Waals surface area (Å²) >= 11 is 0. The van der Waals surface area contributed by atoms with Gasteiger partial charge < -0.3 is 14.8 Å². The fraction of sp³-hybridized carbons (Fsp3) is 0.429. The van der Waals surface area contributed by atoms with Crippen molar-refractivity contribution in [3.63, 3.8) is 0 Å². The van der Waals surface area contributed by atoms with Crippen molar-refractivity contribution < 1.29 is 27.9 Å². The highest BCUT2D eigenvalue weighted by Crippen LogP contribution is 2.24. The lowest BCUT2D eigenvalue weighted by atomic mass is 10.1. The smallest absolute Gasteiger partial charge is 0.260 e. The molecule has 174 valence electrons. The highest BCUT2D eigenvalue weighted by Gasteiger charge is 2.25. The second kappa shape index (κ2) is 11.3. The summed E-state index contributed by atoms with van der Waals surface area (Å²) in [5, 5.41) is 12.1. The zero-order valence-corrected chi connectivity index (χ0v) is 18.7. The second-order valence-corrected chi connectivity index (χ2v) is 9.16. The fourth-order valence-corrected chi connectivity index (χ4v) is 4.84. The van der Waals surface area contributed by atoms with E-state index in [1.807, 2.05) is 0 Å². The molecule has 10 nitrogen and oxygen atoms in total. The lowest BCUT2D eigenvalue weighted by Gasteiger charge is -2.28. The third-order valence-corrected chi connectivity index (χ3v) is 7.05. The third kappa shape index (κ3) is 6.02. The zero-order valence-electron chi connectivity index (χ0n) is 17.9. The van der Waals surface area contributed by atoms with Crippen LogP contribution in [0.1, 0.15) is 12.0 Å². The molecule has 1 aliphatic rings. The Labute approximate surface area is 187 Å². The number of carbonyl (C=O) groups is 1. The van der Waals surface area contributed by atoms with Gasteiger partial charge in [-0.25, -0.2) is 18.9 Å². The quantitative estimate of drug-likeness (QED) is 0.342. The number of rotatable bonds is 10. The maximum atomic E-state index is 13.2. The Morgan fingerprint density at radius 3 is 2.62 bits per heavy atom. The van der Waals surface area contributed by atoms with E-state index in [0.29, 0.717) is 37.5 Å². The summed E-state index contributed by atoms with van der Waals surface area (Å²) in [6, 6.07) is 8.64. The van der Waals surface area contributed by atoms with E-state index in [4.69, 9.17) is 14.7 Å². The number of hydrogen-bond acceptors (Lipinski definition) is 9. The molecule has 1 unspecified atom stereocenters. The molecule has 32 heavy (non-hydrogen) atoms. The van der Waals surface area contributed by atoms with E-state index in [1.165, 1.54) is 25.4 Å². The molecule has 0 spiro atoms. The highest BCUT2D eigenvalue weighted by atomic mass is 32.2.